The summed E-state index contributed by atoms with van der Waals surface area (Å²) in [6.45, 7) is 3.59. The first-order chi connectivity index (χ1) is 18.2. The molecule has 5 aromatic carbocycles. The number of carbonyl (C=O) groups is 1. The molecule has 2 aliphatic rings. The summed E-state index contributed by atoms with van der Waals surface area (Å²) in [5.41, 5.74) is 14.8. The van der Waals surface area contributed by atoms with Crippen molar-refractivity contribution in [2.24, 2.45) is 0 Å². The number of ether oxygens (including phenoxy) is 1. The normalized spacial score (nSPS) is 12.3. The van der Waals surface area contributed by atoms with Crippen LogP contribution in [0.15, 0.2) is 116 Å². The molecule has 2 nitrogen and oxygen atoms in total. The lowest BCUT2D eigenvalue weighted by Gasteiger charge is -2.16. The molecule has 37 heavy (non-hydrogen) atoms. The van der Waals surface area contributed by atoms with Crippen molar-refractivity contribution in [3.05, 3.63) is 138 Å². The van der Waals surface area contributed by atoms with E-state index in [2.05, 4.69) is 104 Å². The Balaban J connectivity index is 1.41. The number of carbonyl (C=O) groups excluding carboxylic acids is 1. The van der Waals surface area contributed by atoms with Gasteiger partial charge in [0.15, 0.2) is 0 Å². The van der Waals surface area contributed by atoms with Crippen LogP contribution in [-0.4, -0.2) is 5.97 Å². The smallest absolute Gasteiger partial charge is 0.335 e. The summed E-state index contributed by atoms with van der Waals surface area (Å²) in [4.78, 5) is 12.3. The van der Waals surface area contributed by atoms with E-state index in [0.717, 1.165) is 29.5 Å². The molecule has 0 heterocycles. The molecule has 5 aromatic rings. The third-order valence-electron chi connectivity index (χ3n) is 7.66. The third kappa shape index (κ3) is 3.45. The van der Waals surface area contributed by atoms with Gasteiger partial charge < -0.3 is 4.74 Å². The Labute approximate surface area is 216 Å². The van der Waals surface area contributed by atoms with E-state index in [1.165, 1.54) is 56.1 Å². The second kappa shape index (κ2) is 8.46. The Morgan fingerprint density at radius 2 is 1.11 bits per heavy atom. The topological polar surface area (TPSA) is 26.3 Å². The Bertz CT molecular complexity index is 1740. The summed E-state index contributed by atoms with van der Waals surface area (Å²) >= 11 is 0. The van der Waals surface area contributed by atoms with Gasteiger partial charge in [-0.25, -0.2) is 4.79 Å². The van der Waals surface area contributed by atoms with Crippen LogP contribution in [0.25, 0.3) is 44.5 Å². The predicted molar refractivity (Wildman–Crippen MR) is 150 cm³/mol. The van der Waals surface area contributed by atoms with Gasteiger partial charge in [-0.1, -0.05) is 97.6 Å². The van der Waals surface area contributed by atoms with Crippen molar-refractivity contribution in [1.82, 2.24) is 0 Å². The summed E-state index contributed by atoms with van der Waals surface area (Å²) in [5.74, 6) is 0.0924. The highest BCUT2D eigenvalue weighted by Gasteiger charge is 2.25. The molecule has 2 aliphatic carbocycles. The van der Waals surface area contributed by atoms with E-state index in [-0.39, 0.29) is 0 Å². The van der Waals surface area contributed by atoms with Gasteiger partial charge in [0, 0.05) is 11.6 Å². The lowest BCUT2D eigenvalue weighted by Crippen LogP contribution is -2.05. The molecule has 0 unspecified atom stereocenters. The minimum absolute atomic E-state index is 0.457. The van der Waals surface area contributed by atoms with Crippen LogP contribution >= 0.6 is 0 Å². The van der Waals surface area contributed by atoms with Crippen molar-refractivity contribution in [2.75, 3.05) is 0 Å². The molecular formula is C35H24O2. The largest absolute Gasteiger partial charge is 0.423 e. The van der Waals surface area contributed by atoms with Crippen LogP contribution in [0.2, 0.25) is 0 Å². The van der Waals surface area contributed by atoms with Gasteiger partial charge in [0.05, 0.1) is 0 Å². The van der Waals surface area contributed by atoms with Crippen molar-refractivity contribution >= 4 is 5.97 Å². The van der Waals surface area contributed by atoms with Gasteiger partial charge in [-0.15, -0.1) is 0 Å². The zero-order chi connectivity index (χ0) is 24.9. The summed E-state index contributed by atoms with van der Waals surface area (Å²) in [7, 11) is 0. The van der Waals surface area contributed by atoms with Gasteiger partial charge in [-0.2, -0.15) is 0 Å². The Hall–Kier alpha value is -4.69. The number of hydrogen-bond acceptors (Lipinski definition) is 2. The lowest BCUT2D eigenvalue weighted by atomic mass is 9.90. The maximum Gasteiger partial charge on any atom is 0.335 e. The van der Waals surface area contributed by atoms with E-state index in [9.17, 15) is 4.79 Å². The van der Waals surface area contributed by atoms with Crippen molar-refractivity contribution in [3.8, 4) is 50.3 Å². The van der Waals surface area contributed by atoms with Crippen LogP contribution in [0, 0.1) is 0 Å². The molecule has 0 radical (unpaired) electrons. The van der Waals surface area contributed by atoms with Crippen molar-refractivity contribution < 1.29 is 9.53 Å². The highest BCUT2D eigenvalue weighted by molar-refractivity contribution is 5.92. The van der Waals surface area contributed by atoms with Crippen LogP contribution < -0.4 is 4.74 Å². The average molecular weight is 477 g/mol. The third-order valence-corrected chi connectivity index (χ3v) is 7.66. The second-order valence-corrected chi connectivity index (χ2v) is 9.67. The average Bonchev–Trinajstić information content (AvgIpc) is 3.52. The SMILES string of the molecule is C=CC(=O)Oc1ccc(-c2cccc3c2Cc2ccccc2-3)cc1-c1cccc2c1Cc1ccccc1-2. The fraction of sp³-hybridized carbons (Fsp3) is 0.0571. The molecule has 0 aromatic heterocycles. The number of esters is 1. The molecule has 2 heteroatoms. The second-order valence-electron chi connectivity index (χ2n) is 9.67. The van der Waals surface area contributed by atoms with Crippen molar-refractivity contribution in [1.29, 1.82) is 0 Å². The van der Waals surface area contributed by atoms with Crippen molar-refractivity contribution in [3.63, 3.8) is 0 Å². The summed E-state index contributed by atoms with van der Waals surface area (Å²) < 4.78 is 5.76. The molecule has 0 saturated heterocycles. The monoisotopic (exact) mass is 476 g/mol. The zero-order valence-corrected chi connectivity index (χ0v) is 20.3. The first-order valence-corrected chi connectivity index (χ1v) is 12.6. The molecule has 0 saturated carbocycles. The van der Waals surface area contributed by atoms with Gasteiger partial charge in [0.2, 0.25) is 0 Å². The van der Waals surface area contributed by atoms with Gasteiger partial charge >= 0.3 is 5.97 Å². The maximum atomic E-state index is 12.3. The number of hydrogen-bond donors (Lipinski definition) is 0. The fourth-order valence-electron chi connectivity index (χ4n) is 5.98. The molecule has 0 bridgehead atoms. The van der Waals surface area contributed by atoms with Crippen molar-refractivity contribution in [2.45, 2.75) is 12.8 Å². The Morgan fingerprint density at radius 1 is 0.595 bits per heavy atom. The Kier molecular flexibility index (Phi) is 4.93. The molecule has 0 N–H and O–H groups in total. The molecule has 0 aliphatic heterocycles. The first kappa shape index (κ1) is 21.6. The van der Waals surface area contributed by atoms with Crippen LogP contribution in [0.5, 0.6) is 5.75 Å². The van der Waals surface area contributed by atoms with Gasteiger partial charge in [0.25, 0.3) is 0 Å². The quantitative estimate of drug-likeness (QED) is 0.145. The van der Waals surface area contributed by atoms with Crippen LogP contribution in [-0.2, 0) is 17.6 Å². The number of benzene rings is 5. The zero-order valence-electron chi connectivity index (χ0n) is 20.3. The van der Waals surface area contributed by atoms with Crippen LogP contribution in [0.1, 0.15) is 22.3 Å². The van der Waals surface area contributed by atoms with Crippen LogP contribution in [0.4, 0.5) is 0 Å². The standard InChI is InChI=1S/C35H24O2/c1-2-35(36)37-34-18-17-24(27-13-7-14-28-25-11-5-3-9-22(25)19-31(27)28)21-33(34)30-16-8-15-29-26-12-6-4-10-23(26)20-32(29)30/h2-18,21H,1,19-20H2. The van der Waals surface area contributed by atoms with E-state index in [4.69, 9.17) is 4.74 Å². The van der Waals surface area contributed by atoms with Crippen LogP contribution in [0.3, 0.4) is 0 Å². The van der Waals surface area contributed by atoms with Gasteiger partial charge in [-0.3, -0.25) is 0 Å². The maximum absolute atomic E-state index is 12.3. The van der Waals surface area contributed by atoms with E-state index < -0.39 is 5.97 Å². The number of fused-ring (bicyclic) bond motifs is 6. The number of rotatable bonds is 4. The molecule has 7 rings (SSSR count). The fourth-order valence-corrected chi connectivity index (χ4v) is 5.98. The Morgan fingerprint density at radius 3 is 1.73 bits per heavy atom. The molecule has 0 spiro atoms. The lowest BCUT2D eigenvalue weighted by molar-refractivity contribution is -0.128. The van der Waals surface area contributed by atoms with Gasteiger partial charge in [0.1, 0.15) is 5.75 Å². The molecular weight excluding hydrogens is 452 g/mol. The first-order valence-electron chi connectivity index (χ1n) is 12.6. The summed E-state index contributed by atoms with van der Waals surface area (Å²) in [5, 5.41) is 0. The van der Waals surface area contributed by atoms with Gasteiger partial charge in [-0.05, 0) is 86.2 Å². The van der Waals surface area contributed by atoms with E-state index in [1.54, 1.807) is 0 Å². The van der Waals surface area contributed by atoms with E-state index in [1.807, 2.05) is 6.07 Å². The highest BCUT2D eigenvalue weighted by Crippen LogP contribution is 2.46. The summed E-state index contributed by atoms with van der Waals surface area (Å²) in [6, 6.07) is 36.3. The summed E-state index contributed by atoms with van der Waals surface area (Å²) in [6.07, 6.45) is 2.99. The highest BCUT2D eigenvalue weighted by atomic mass is 16.5. The molecule has 0 fully saturated rings. The molecule has 0 atom stereocenters. The minimum atomic E-state index is -0.457. The molecule has 0 amide bonds. The minimum Gasteiger partial charge on any atom is -0.423 e. The predicted octanol–water partition coefficient (Wildman–Crippen LogP) is 8.25. The van der Waals surface area contributed by atoms with E-state index in [0.29, 0.717) is 5.75 Å². The molecule has 176 valence electrons. The van der Waals surface area contributed by atoms with E-state index >= 15 is 0 Å².